The van der Waals surface area contributed by atoms with Crippen molar-refractivity contribution >= 4 is 16.9 Å². The van der Waals surface area contributed by atoms with Crippen molar-refractivity contribution in [3.8, 4) is 11.6 Å². The second-order valence-electron chi connectivity index (χ2n) is 8.51. The molecule has 1 aromatic carbocycles. The SMILES string of the molecule is Cc1ccc(C)c(Oc2ccc(CNC(=O)c3cnc4c(c3)c(=O)[nH]c(=O)n4C3CC3)cn2)c1. The minimum Gasteiger partial charge on any atom is -0.439 e. The Morgan fingerprint density at radius 3 is 2.68 bits per heavy atom. The third-order valence-corrected chi connectivity index (χ3v) is 5.76. The third-order valence-electron chi connectivity index (χ3n) is 5.76. The molecule has 0 spiro atoms. The van der Waals surface area contributed by atoms with Crippen LogP contribution in [0.15, 0.2) is 58.4 Å². The van der Waals surface area contributed by atoms with Crippen molar-refractivity contribution < 1.29 is 9.53 Å². The van der Waals surface area contributed by atoms with Crippen LogP contribution in [0.5, 0.6) is 11.6 Å². The van der Waals surface area contributed by atoms with E-state index in [1.807, 2.05) is 38.1 Å². The number of hydrogen-bond acceptors (Lipinski definition) is 6. The fourth-order valence-electron chi connectivity index (χ4n) is 3.72. The predicted octanol–water partition coefficient (Wildman–Crippen LogP) is 3.15. The van der Waals surface area contributed by atoms with Crippen LogP contribution < -0.4 is 21.3 Å². The number of aryl methyl sites for hydroxylation is 2. The minimum atomic E-state index is -0.553. The molecule has 34 heavy (non-hydrogen) atoms. The molecule has 0 saturated heterocycles. The van der Waals surface area contributed by atoms with Crippen molar-refractivity contribution in [2.24, 2.45) is 0 Å². The number of amides is 1. The van der Waals surface area contributed by atoms with Gasteiger partial charge in [-0.3, -0.25) is 19.1 Å². The van der Waals surface area contributed by atoms with Gasteiger partial charge in [0.05, 0.1) is 10.9 Å². The first-order valence-corrected chi connectivity index (χ1v) is 11.0. The zero-order valence-electron chi connectivity index (χ0n) is 18.8. The van der Waals surface area contributed by atoms with Crippen LogP contribution in [-0.2, 0) is 6.54 Å². The molecule has 0 aliphatic heterocycles. The number of aromatic nitrogens is 4. The van der Waals surface area contributed by atoms with Gasteiger partial charge in [-0.25, -0.2) is 14.8 Å². The summed E-state index contributed by atoms with van der Waals surface area (Å²) in [6, 6.07) is 11.1. The third kappa shape index (κ3) is 4.32. The summed E-state index contributed by atoms with van der Waals surface area (Å²) in [5, 5.41) is 3.02. The van der Waals surface area contributed by atoms with E-state index in [2.05, 4.69) is 20.3 Å². The Labute approximate surface area is 194 Å². The highest BCUT2D eigenvalue weighted by Crippen LogP contribution is 2.34. The molecule has 3 heterocycles. The van der Waals surface area contributed by atoms with Gasteiger partial charge in [0.2, 0.25) is 5.88 Å². The molecule has 0 bridgehead atoms. The summed E-state index contributed by atoms with van der Waals surface area (Å²) in [6.07, 6.45) is 4.76. The fraction of sp³-hybridized carbons (Fsp3) is 0.240. The molecule has 4 aromatic rings. The van der Waals surface area contributed by atoms with E-state index in [-0.39, 0.29) is 29.4 Å². The second-order valence-corrected chi connectivity index (χ2v) is 8.51. The normalized spacial score (nSPS) is 13.1. The van der Waals surface area contributed by atoms with Crippen LogP contribution >= 0.6 is 0 Å². The number of benzene rings is 1. The lowest BCUT2D eigenvalue weighted by molar-refractivity contribution is 0.0950. The number of rotatable bonds is 6. The number of pyridine rings is 2. The zero-order valence-corrected chi connectivity index (χ0v) is 18.8. The lowest BCUT2D eigenvalue weighted by Gasteiger charge is -2.10. The Morgan fingerprint density at radius 1 is 1.12 bits per heavy atom. The molecule has 1 amide bonds. The molecular formula is C25H23N5O4. The molecule has 0 radical (unpaired) electrons. The van der Waals surface area contributed by atoms with Gasteiger partial charge in [0.25, 0.3) is 11.5 Å². The fourth-order valence-corrected chi connectivity index (χ4v) is 3.72. The zero-order chi connectivity index (χ0) is 23.8. The first kappa shape index (κ1) is 21.6. The average Bonchev–Trinajstić information content (AvgIpc) is 3.66. The molecule has 5 rings (SSSR count). The quantitative estimate of drug-likeness (QED) is 0.459. The lowest BCUT2D eigenvalue weighted by atomic mass is 10.1. The molecule has 1 aliphatic carbocycles. The molecular weight excluding hydrogens is 434 g/mol. The maximum absolute atomic E-state index is 12.7. The van der Waals surface area contributed by atoms with Crippen LogP contribution in [0.25, 0.3) is 11.0 Å². The predicted molar refractivity (Wildman–Crippen MR) is 126 cm³/mol. The summed E-state index contributed by atoms with van der Waals surface area (Å²) < 4.78 is 7.36. The number of ether oxygens (including phenoxy) is 1. The van der Waals surface area contributed by atoms with Crippen molar-refractivity contribution in [2.45, 2.75) is 39.3 Å². The summed E-state index contributed by atoms with van der Waals surface area (Å²) in [6.45, 7) is 4.21. The minimum absolute atomic E-state index is 0.0494. The summed E-state index contributed by atoms with van der Waals surface area (Å²) in [5.74, 6) is 0.830. The monoisotopic (exact) mass is 457 g/mol. The van der Waals surface area contributed by atoms with Crippen molar-refractivity contribution in [2.75, 3.05) is 0 Å². The van der Waals surface area contributed by atoms with Crippen molar-refractivity contribution in [3.05, 3.63) is 91.9 Å². The van der Waals surface area contributed by atoms with Gasteiger partial charge in [0, 0.05) is 31.0 Å². The number of nitrogens with one attached hydrogen (secondary N) is 2. The maximum atomic E-state index is 12.7. The molecule has 2 N–H and O–H groups in total. The number of carbonyl (C=O) groups is 1. The number of aromatic amines is 1. The van der Waals surface area contributed by atoms with Gasteiger partial charge in [-0.05, 0) is 55.5 Å². The lowest BCUT2D eigenvalue weighted by Crippen LogP contribution is -2.31. The van der Waals surface area contributed by atoms with E-state index in [0.717, 1.165) is 35.3 Å². The van der Waals surface area contributed by atoms with E-state index in [4.69, 9.17) is 4.74 Å². The van der Waals surface area contributed by atoms with Gasteiger partial charge in [-0.15, -0.1) is 0 Å². The summed E-state index contributed by atoms with van der Waals surface area (Å²) in [7, 11) is 0. The van der Waals surface area contributed by atoms with Crippen molar-refractivity contribution in [3.63, 3.8) is 0 Å². The highest BCUT2D eigenvalue weighted by atomic mass is 16.5. The largest absolute Gasteiger partial charge is 0.439 e. The molecule has 9 heteroatoms. The Morgan fingerprint density at radius 2 is 1.94 bits per heavy atom. The van der Waals surface area contributed by atoms with Crippen molar-refractivity contribution in [1.29, 1.82) is 0 Å². The van der Waals surface area contributed by atoms with Crippen LogP contribution in [0.3, 0.4) is 0 Å². The molecule has 0 unspecified atom stereocenters. The first-order chi connectivity index (χ1) is 16.4. The Hall–Kier alpha value is -4.27. The smallest absolute Gasteiger partial charge is 0.330 e. The van der Waals surface area contributed by atoms with E-state index in [1.54, 1.807) is 12.3 Å². The molecule has 172 valence electrons. The Bertz CT molecular complexity index is 1520. The van der Waals surface area contributed by atoms with Gasteiger partial charge in [0.1, 0.15) is 11.4 Å². The highest BCUT2D eigenvalue weighted by molar-refractivity contribution is 5.96. The van der Waals surface area contributed by atoms with Crippen molar-refractivity contribution in [1.82, 2.24) is 24.8 Å². The molecule has 0 atom stereocenters. The van der Waals surface area contributed by atoms with Gasteiger partial charge < -0.3 is 10.1 Å². The first-order valence-electron chi connectivity index (χ1n) is 11.0. The van der Waals surface area contributed by atoms with E-state index < -0.39 is 11.2 Å². The van der Waals surface area contributed by atoms with E-state index in [9.17, 15) is 14.4 Å². The Kier molecular flexibility index (Phi) is 5.45. The van der Waals surface area contributed by atoms with Crippen LogP contribution in [0.2, 0.25) is 0 Å². The summed E-state index contributed by atoms with van der Waals surface area (Å²) in [5.41, 5.74) is 2.42. The molecule has 9 nitrogen and oxygen atoms in total. The van der Waals surface area contributed by atoms with Gasteiger partial charge in [-0.2, -0.15) is 0 Å². The van der Waals surface area contributed by atoms with E-state index >= 15 is 0 Å². The van der Waals surface area contributed by atoms with E-state index in [0.29, 0.717) is 11.5 Å². The maximum Gasteiger partial charge on any atom is 0.330 e. The van der Waals surface area contributed by atoms with Gasteiger partial charge in [-0.1, -0.05) is 18.2 Å². The molecule has 3 aromatic heterocycles. The molecule has 1 aliphatic rings. The highest BCUT2D eigenvalue weighted by Gasteiger charge is 2.27. The second kappa shape index (κ2) is 8.58. The number of H-pyrrole nitrogens is 1. The Balaban J connectivity index is 1.28. The van der Waals surface area contributed by atoms with Crippen LogP contribution in [-0.4, -0.2) is 25.4 Å². The standard InChI is InChI=1S/C25H23N5O4/c1-14-3-4-15(2)20(9-14)34-21-8-5-16(11-26-21)12-28-23(31)17-10-19-22(27-13-17)30(18-6-7-18)25(33)29-24(19)32/h3-5,8-11,13,18H,6-7,12H2,1-2H3,(H,28,31)(H,29,32,33). The number of hydrogen-bond donors (Lipinski definition) is 2. The van der Waals surface area contributed by atoms with Crippen LogP contribution in [0, 0.1) is 13.8 Å². The summed E-state index contributed by atoms with van der Waals surface area (Å²) >= 11 is 0. The number of carbonyl (C=O) groups excluding carboxylic acids is 1. The topological polar surface area (TPSA) is 119 Å². The van der Waals surface area contributed by atoms with Gasteiger partial charge in [0.15, 0.2) is 0 Å². The van der Waals surface area contributed by atoms with Crippen LogP contribution in [0.1, 0.15) is 45.9 Å². The van der Waals surface area contributed by atoms with Crippen LogP contribution in [0.4, 0.5) is 0 Å². The van der Waals surface area contributed by atoms with Gasteiger partial charge >= 0.3 is 5.69 Å². The summed E-state index contributed by atoms with van der Waals surface area (Å²) in [4.78, 5) is 48.0. The number of nitrogens with zero attached hydrogens (tertiary/aromatic N) is 3. The number of fused-ring (bicyclic) bond motifs is 1. The molecule has 1 fully saturated rings. The van der Waals surface area contributed by atoms with E-state index in [1.165, 1.54) is 16.8 Å². The average molecular weight is 457 g/mol. The molecule has 1 saturated carbocycles.